The minimum Gasteiger partial charge on any atom is -0.465 e. The number of nitrogen functional groups attached to an aromatic ring is 2. The summed E-state index contributed by atoms with van der Waals surface area (Å²) in [6, 6.07) is -0.635. The molecule has 0 bridgehead atoms. The van der Waals surface area contributed by atoms with Gasteiger partial charge in [-0.05, 0) is 11.9 Å². The molecule has 0 aliphatic carbocycles. The number of rotatable bonds is 11. The van der Waals surface area contributed by atoms with E-state index >= 15 is 0 Å². The third-order valence-electron chi connectivity index (χ3n) is 7.93. The number of primary amides is 5. The summed E-state index contributed by atoms with van der Waals surface area (Å²) >= 11 is 0. The predicted octanol–water partition coefficient (Wildman–Crippen LogP) is -4.83. The molecule has 7 rings (SSSR count). The number of ketones is 1. The van der Waals surface area contributed by atoms with Gasteiger partial charge in [0.2, 0.25) is 12.0 Å². The van der Waals surface area contributed by atoms with Gasteiger partial charge >= 0.3 is 29.2 Å². The number of nitrogens with two attached hydrogens (primary N) is 7. The lowest BCUT2D eigenvalue weighted by Gasteiger charge is -2.05. The molecule has 0 aromatic carbocycles. The molecule has 37 nitrogen and oxygen atoms in total. The van der Waals surface area contributed by atoms with Crippen molar-refractivity contribution in [2.45, 2.75) is 34.2 Å². The quantitative estimate of drug-likeness (QED) is 0.0251. The summed E-state index contributed by atoms with van der Waals surface area (Å²) in [6.07, 6.45) is 6.21. The molecule has 0 saturated heterocycles. The van der Waals surface area contributed by atoms with Crippen LogP contribution in [0.3, 0.4) is 0 Å². The van der Waals surface area contributed by atoms with Gasteiger partial charge in [0, 0.05) is 28.3 Å². The second kappa shape index (κ2) is 28.3. The molecule has 0 aliphatic rings. The van der Waals surface area contributed by atoms with Crippen LogP contribution in [-0.2, 0) is 27.9 Å². The summed E-state index contributed by atoms with van der Waals surface area (Å²) in [5.41, 5.74) is 34.2. The summed E-state index contributed by atoms with van der Waals surface area (Å²) in [5.74, 6) is -4.52. The van der Waals surface area contributed by atoms with Crippen LogP contribution in [0.15, 0.2) is 41.2 Å². The average Bonchev–Trinajstić information content (AvgIpc) is 4.16. The first-order valence-corrected chi connectivity index (χ1v) is 18.6. The van der Waals surface area contributed by atoms with Gasteiger partial charge in [-0.15, -0.1) is 34.2 Å². The lowest BCUT2D eigenvalue weighted by Crippen LogP contribution is -2.33. The van der Waals surface area contributed by atoms with Crippen molar-refractivity contribution in [1.29, 1.82) is 5.39 Å². The zero-order chi connectivity index (χ0) is 51.7. The number of aryl methyl sites for hydroxylation is 1. The Morgan fingerprint density at radius 3 is 1.67 bits per heavy atom. The molecule has 7 aromatic heterocycles. The first kappa shape index (κ1) is 62.0. The number of aromatic amines is 2. The maximum Gasteiger partial charge on any atom is 0.495 e. The van der Waals surface area contributed by atoms with Crippen LogP contribution in [0, 0.1) is 5.39 Å². The number of fused-ring (bicyclic) bond motifs is 2. The van der Waals surface area contributed by atoms with Crippen molar-refractivity contribution < 1.29 is 44.5 Å². The molecule has 0 unspecified atom stereocenters. The number of imidazole rings is 5. The van der Waals surface area contributed by atoms with Crippen LogP contribution in [0.25, 0.3) is 16.3 Å². The highest BCUT2D eigenvalue weighted by atomic mass is 127. The van der Waals surface area contributed by atoms with E-state index in [0.717, 1.165) is 35.4 Å². The molecule has 6 amide bonds. The van der Waals surface area contributed by atoms with E-state index in [1.165, 1.54) is 26.0 Å². The largest absolute Gasteiger partial charge is 0.495 e. The van der Waals surface area contributed by atoms with Gasteiger partial charge in [-0.2, -0.15) is 9.36 Å². The Bertz CT molecular complexity index is 3240. The molecule has 72 heavy (non-hydrogen) atoms. The highest BCUT2D eigenvalue weighted by molar-refractivity contribution is 14.0. The molecule has 17 N–H and O–H groups in total. The van der Waals surface area contributed by atoms with Crippen molar-refractivity contribution in [3.63, 3.8) is 0 Å². The van der Waals surface area contributed by atoms with E-state index in [1.54, 1.807) is 13.8 Å². The van der Waals surface area contributed by atoms with Crippen molar-refractivity contribution in [3.05, 3.63) is 86.1 Å². The Morgan fingerprint density at radius 2 is 1.24 bits per heavy atom. The second-order valence-electron chi connectivity index (χ2n) is 12.5. The maximum absolute atomic E-state index is 11.9. The number of anilines is 2. The normalized spacial score (nSPS) is 9.58. The van der Waals surface area contributed by atoms with E-state index in [0.29, 0.717) is 6.42 Å². The predicted molar refractivity (Wildman–Crippen MR) is 257 cm³/mol. The van der Waals surface area contributed by atoms with Crippen LogP contribution in [0.5, 0.6) is 0 Å². The fourth-order valence-corrected chi connectivity index (χ4v) is 4.63. The van der Waals surface area contributed by atoms with Gasteiger partial charge < -0.3 is 60.2 Å². The zero-order valence-corrected chi connectivity index (χ0v) is 39.2. The Kier molecular flexibility index (Phi) is 24.4. The van der Waals surface area contributed by atoms with Gasteiger partial charge in [0.05, 0.1) is 24.9 Å². The van der Waals surface area contributed by atoms with Crippen molar-refractivity contribution in [3.8, 4) is 0 Å². The fourth-order valence-electron chi connectivity index (χ4n) is 4.63. The van der Waals surface area contributed by atoms with E-state index in [9.17, 15) is 47.9 Å². The number of Topliss-reactive ketones (excluding diaryl/α,β-unsaturated/α-hetero) is 1. The minimum atomic E-state index is -0.821. The molecule has 0 fully saturated rings. The van der Waals surface area contributed by atoms with Crippen LogP contribution in [0.1, 0.15) is 81.6 Å². The molecule has 0 aliphatic heterocycles. The number of amides is 6. The van der Waals surface area contributed by atoms with Crippen LogP contribution in [0.4, 0.5) is 22.2 Å². The SMILES string of the molecule is C.CCC(=O)CNC(=O)n1cnc(C(N)=O)c1N.CCOC(=O)Cn1nnc2c(C(N)=O)ncn2c1=O.Cn1nnc2c(C(N)=O)ncn2c1=O.I.N#[N+]c1nc[nH]c1C(N)=O.NC(=O)c1[nH]cnc1N.[2HH].[B]. The second-order valence-corrected chi connectivity index (χ2v) is 12.5. The topological polar surface area (TPSA) is 573 Å². The van der Waals surface area contributed by atoms with Gasteiger partial charge in [0.25, 0.3) is 29.5 Å². The lowest BCUT2D eigenvalue weighted by molar-refractivity contribution is -0.144. The molecule has 3 radical (unpaired) electrons. The van der Waals surface area contributed by atoms with Gasteiger partial charge in [0.1, 0.15) is 37.0 Å². The number of aromatic nitrogens is 16. The van der Waals surface area contributed by atoms with Crippen molar-refractivity contribution in [2.24, 2.45) is 35.7 Å². The Hall–Kier alpha value is -10.0. The summed E-state index contributed by atoms with van der Waals surface area (Å²) in [5, 5.41) is 24.8. The number of diazo groups is 1. The lowest BCUT2D eigenvalue weighted by atomic mass is 10.3. The third-order valence-corrected chi connectivity index (χ3v) is 7.93. The van der Waals surface area contributed by atoms with Crippen molar-refractivity contribution >= 4 is 108 Å². The smallest absolute Gasteiger partial charge is 0.465 e. The summed E-state index contributed by atoms with van der Waals surface area (Å²) in [4.78, 5) is 136. The third kappa shape index (κ3) is 15.8. The van der Waals surface area contributed by atoms with E-state index in [1.807, 2.05) is 0 Å². The van der Waals surface area contributed by atoms with Crippen molar-refractivity contribution in [2.75, 3.05) is 24.6 Å². The Balaban J connectivity index is 0. The molecule has 383 valence electrons. The number of carbonyl (C=O) groups is 8. The Morgan fingerprint density at radius 1 is 0.736 bits per heavy atom. The number of halogens is 1. The van der Waals surface area contributed by atoms with E-state index < -0.39 is 52.9 Å². The van der Waals surface area contributed by atoms with Crippen LogP contribution >= 0.6 is 24.0 Å². The standard InChI is InChI=1S/C9H10N6O4.C9H13N5O3.C6H6N6O2.C4H3N5O.C4H6N4O.CH4.B.HI.H2/c1-2-19-5(16)3-15-9(18)14-4-11-6(7(10)17)8(14)12-13-15;1-2-5(15)3-12-9(17)14-4-13-6(7(14)10)8(11)16;1-11-6(14)12-2-8-3(4(7)13)5(12)9-10-11;5-3(10)2-4(9-6)8-1-7-2;5-3-2(4(6)9)7-1-8-3;;;;/h4H,2-3H2,1H3,(H2,10,17);4H,2-3,10H2,1H3,(H2,11,16)(H,12,17);2H,1H3,(H2,7,13);1H,(H2-,5,7,8,10);1H,5H2,(H2,6,9)(H,7,8);1H4;;2*1H/p+1/i;;;;;;;;1+1. The number of ether oxygens (including phenoxy) is 1. The summed E-state index contributed by atoms with van der Waals surface area (Å²) in [6.45, 7) is 3.05. The first-order chi connectivity index (χ1) is 32.6. The summed E-state index contributed by atoms with van der Waals surface area (Å²) < 4.78 is 9.52. The molecule has 7 aromatic rings. The van der Waals surface area contributed by atoms with E-state index in [-0.39, 0.29) is 124 Å². The van der Waals surface area contributed by atoms with Crippen LogP contribution in [-0.4, -0.2) is 147 Å². The molecule has 0 atom stereocenters. The van der Waals surface area contributed by atoms with E-state index in [2.05, 4.69) is 65.8 Å². The number of hydrogen-bond acceptors (Lipinski definition) is 23. The number of nitrogens with zero attached hydrogens (tertiary/aromatic N) is 16. The monoisotopic (exact) mass is 1120 g/mol. The maximum atomic E-state index is 11.9. The fraction of sp³-hybridized carbons (Fsp3) is 0.242. The van der Waals surface area contributed by atoms with Crippen LogP contribution in [0.2, 0.25) is 0 Å². The highest BCUT2D eigenvalue weighted by Crippen LogP contribution is 2.11. The van der Waals surface area contributed by atoms with E-state index in [4.69, 9.17) is 50.3 Å². The first-order valence-electron chi connectivity index (χ1n) is 18.6. The van der Waals surface area contributed by atoms with Crippen molar-refractivity contribution in [1.82, 2.24) is 83.6 Å². The van der Waals surface area contributed by atoms with Gasteiger partial charge in [-0.3, -0.25) is 33.6 Å². The zero-order valence-electron chi connectivity index (χ0n) is 36.9. The van der Waals surface area contributed by atoms with Gasteiger partial charge in [-0.25, -0.2) is 47.7 Å². The number of carbonyl (C=O) groups excluding carboxylic acids is 8. The number of esters is 1. The molecular weight excluding hydrogens is 1070 g/mol. The number of nitrogens with one attached hydrogen (secondary N) is 3. The van der Waals surface area contributed by atoms with Gasteiger partial charge in [0.15, 0.2) is 40.0 Å². The minimum absolute atomic E-state index is 0. The molecule has 0 saturated carbocycles. The van der Waals surface area contributed by atoms with Crippen LogP contribution < -0.4 is 56.8 Å². The highest BCUT2D eigenvalue weighted by Gasteiger charge is 2.21. The number of H-pyrrole nitrogens is 2. The summed E-state index contributed by atoms with van der Waals surface area (Å²) in [7, 11) is 1.44. The Labute approximate surface area is 421 Å². The number of hydrogen-bond donors (Lipinski definition) is 10. The molecule has 0 spiro atoms. The van der Waals surface area contributed by atoms with Gasteiger partial charge in [-0.1, -0.05) is 24.8 Å². The molecular formula is C33H46BIN26O11+. The molecule has 7 heterocycles. The average molecular weight is 1120 g/mol. The molecule has 39 heteroatoms.